The molecule has 0 bridgehead atoms. The molecular weight excluding hydrogens is 376 g/mol. The molecule has 8 nitrogen and oxygen atoms in total. The van der Waals surface area contributed by atoms with Crippen molar-refractivity contribution in [1.82, 2.24) is 10.2 Å². The van der Waals surface area contributed by atoms with Crippen molar-refractivity contribution in [2.75, 3.05) is 18.4 Å². The van der Waals surface area contributed by atoms with E-state index in [1.165, 1.54) is 12.1 Å². The van der Waals surface area contributed by atoms with Gasteiger partial charge in [0.2, 0.25) is 10.0 Å². The quantitative estimate of drug-likeness (QED) is 0.438. The summed E-state index contributed by atoms with van der Waals surface area (Å²) in [4.78, 5) is 7.35. The summed E-state index contributed by atoms with van der Waals surface area (Å²) >= 11 is 0. The number of aliphatic imine (C=N–C) groups is 1. The van der Waals surface area contributed by atoms with E-state index >= 15 is 0 Å². The second kappa shape index (κ2) is 8.77. The Morgan fingerprint density at radius 1 is 1.14 bits per heavy atom. The normalized spacial score (nSPS) is 29.6. The minimum Gasteiger partial charge on any atom is -0.340 e. The number of nitrogens with two attached hydrogens (primary N) is 2. The molecule has 2 fully saturated rings. The highest BCUT2D eigenvalue weighted by Gasteiger charge is 2.27. The van der Waals surface area contributed by atoms with Gasteiger partial charge in [-0.05, 0) is 51.0 Å². The van der Waals surface area contributed by atoms with Gasteiger partial charge in [0, 0.05) is 36.9 Å². The lowest BCUT2D eigenvalue weighted by Crippen LogP contribution is -2.57. The highest BCUT2D eigenvalue weighted by molar-refractivity contribution is 7.89. The van der Waals surface area contributed by atoms with Crippen LogP contribution in [0.1, 0.15) is 39.5 Å². The van der Waals surface area contributed by atoms with Crippen LogP contribution < -0.4 is 21.5 Å². The van der Waals surface area contributed by atoms with Crippen LogP contribution in [-0.4, -0.2) is 56.5 Å². The first-order valence-corrected chi connectivity index (χ1v) is 11.5. The van der Waals surface area contributed by atoms with Crippen LogP contribution in [0.4, 0.5) is 5.69 Å². The number of anilines is 1. The van der Waals surface area contributed by atoms with Gasteiger partial charge in [-0.15, -0.1) is 0 Å². The van der Waals surface area contributed by atoms with Gasteiger partial charge in [-0.3, -0.25) is 0 Å². The number of hydrogen-bond acceptors (Lipinski definition) is 5. The SMILES string of the molecule is CC1CN(C(=N[C@H]2CCCC[C@@H]2N)Nc2ccc(S(N)(=O)=O)cc2)CC(C)N1. The number of nitrogens with one attached hydrogen (secondary N) is 2. The average molecular weight is 409 g/mol. The Kier molecular flexibility index (Phi) is 6.59. The van der Waals surface area contributed by atoms with Gasteiger partial charge in [-0.2, -0.15) is 0 Å². The van der Waals surface area contributed by atoms with E-state index in [0.717, 1.165) is 50.4 Å². The lowest BCUT2D eigenvalue weighted by molar-refractivity contribution is 0.252. The number of primary sulfonamides is 1. The molecule has 0 radical (unpaired) electrons. The molecule has 1 aromatic carbocycles. The minimum atomic E-state index is -3.71. The third-order valence-electron chi connectivity index (χ3n) is 5.37. The van der Waals surface area contributed by atoms with E-state index in [2.05, 4.69) is 29.4 Å². The zero-order chi connectivity index (χ0) is 20.3. The summed E-state index contributed by atoms with van der Waals surface area (Å²) in [6.45, 7) is 6.00. The molecule has 1 heterocycles. The zero-order valence-corrected chi connectivity index (χ0v) is 17.5. The van der Waals surface area contributed by atoms with Gasteiger partial charge in [0.25, 0.3) is 0 Å². The first-order valence-electron chi connectivity index (χ1n) is 9.96. The Labute approximate surface area is 167 Å². The molecule has 0 spiro atoms. The predicted octanol–water partition coefficient (Wildman–Crippen LogP) is 1.05. The van der Waals surface area contributed by atoms with Crippen LogP contribution in [0.2, 0.25) is 0 Å². The molecule has 0 amide bonds. The summed E-state index contributed by atoms with van der Waals surface area (Å²) in [5.41, 5.74) is 7.10. The second-order valence-electron chi connectivity index (χ2n) is 8.04. The zero-order valence-electron chi connectivity index (χ0n) is 16.6. The van der Waals surface area contributed by atoms with Gasteiger partial charge in [0.05, 0.1) is 10.9 Å². The van der Waals surface area contributed by atoms with Crippen molar-refractivity contribution < 1.29 is 8.42 Å². The lowest BCUT2D eigenvalue weighted by Gasteiger charge is -2.39. The van der Waals surface area contributed by atoms with Crippen LogP contribution in [0.5, 0.6) is 0 Å². The van der Waals surface area contributed by atoms with Crippen LogP contribution in [0, 0.1) is 0 Å². The largest absolute Gasteiger partial charge is 0.340 e. The van der Waals surface area contributed by atoms with Crippen LogP contribution in [0.25, 0.3) is 0 Å². The lowest BCUT2D eigenvalue weighted by atomic mass is 9.91. The molecule has 2 aliphatic rings. The van der Waals surface area contributed by atoms with Crippen molar-refractivity contribution in [2.24, 2.45) is 15.9 Å². The Balaban J connectivity index is 1.85. The third kappa shape index (κ3) is 5.44. The molecule has 6 N–H and O–H groups in total. The fourth-order valence-corrected chi connectivity index (χ4v) is 4.52. The molecule has 156 valence electrons. The summed E-state index contributed by atoms with van der Waals surface area (Å²) < 4.78 is 23.0. The van der Waals surface area contributed by atoms with Crippen molar-refractivity contribution in [3.05, 3.63) is 24.3 Å². The van der Waals surface area contributed by atoms with Crippen LogP contribution in [0.3, 0.4) is 0 Å². The number of sulfonamides is 1. The maximum Gasteiger partial charge on any atom is 0.238 e. The topological polar surface area (TPSA) is 126 Å². The first-order chi connectivity index (χ1) is 13.2. The van der Waals surface area contributed by atoms with Gasteiger partial charge >= 0.3 is 0 Å². The number of hydrogen-bond donors (Lipinski definition) is 4. The molecule has 1 aliphatic heterocycles. The highest BCUT2D eigenvalue weighted by atomic mass is 32.2. The van der Waals surface area contributed by atoms with Gasteiger partial charge < -0.3 is 21.3 Å². The van der Waals surface area contributed by atoms with Crippen LogP contribution >= 0.6 is 0 Å². The Morgan fingerprint density at radius 2 is 1.75 bits per heavy atom. The van der Waals surface area contributed by atoms with E-state index in [0.29, 0.717) is 12.1 Å². The van der Waals surface area contributed by atoms with Crippen LogP contribution in [-0.2, 0) is 10.0 Å². The predicted molar refractivity (Wildman–Crippen MR) is 113 cm³/mol. The van der Waals surface area contributed by atoms with E-state index in [1.54, 1.807) is 12.1 Å². The van der Waals surface area contributed by atoms with Gasteiger partial charge in [0.1, 0.15) is 0 Å². The molecule has 1 aromatic rings. The Bertz CT molecular complexity index is 785. The monoisotopic (exact) mass is 408 g/mol. The molecule has 2 unspecified atom stereocenters. The maximum atomic E-state index is 11.5. The number of benzene rings is 1. The van der Waals surface area contributed by atoms with Gasteiger partial charge in [-0.25, -0.2) is 18.5 Å². The molecule has 1 saturated carbocycles. The average Bonchev–Trinajstić information content (AvgIpc) is 2.62. The second-order valence-corrected chi connectivity index (χ2v) is 9.60. The van der Waals surface area contributed by atoms with Crippen molar-refractivity contribution in [3.8, 4) is 0 Å². The van der Waals surface area contributed by atoms with E-state index in [-0.39, 0.29) is 17.0 Å². The van der Waals surface area contributed by atoms with Crippen molar-refractivity contribution in [1.29, 1.82) is 0 Å². The fraction of sp³-hybridized carbons (Fsp3) is 0.632. The third-order valence-corrected chi connectivity index (χ3v) is 6.29. The van der Waals surface area contributed by atoms with Crippen molar-refractivity contribution >= 4 is 21.7 Å². The standard InChI is InChI=1S/C19H32N6O2S/c1-13-11-25(12-14(2)22-13)19(24-18-6-4-3-5-17(18)20)23-15-7-9-16(10-8-15)28(21,26)27/h7-10,13-14,17-18,22H,3-6,11-12,20H2,1-2H3,(H,23,24)(H2,21,26,27)/t13?,14?,17-,18-/m0/s1. The maximum absolute atomic E-state index is 11.5. The number of rotatable bonds is 3. The van der Waals surface area contributed by atoms with Gasteiger partial charge in [0.15, 0.2) is 5.96 Å². The molecule has 3 rings (SSSR count). The summed E-state index contributed by atoms with van der Waals surface area (Å²) in [6.07, 6.45) is 4.30. The molecule has 1 saturated heterocycles. The number of guanidine groups is 1. The number of piperazine rings is 1. The number of nitrogens with zero attached hydrogens (tertiary/aromatic N) is 2. The van der Waals surface area contributed by atoms with E-state index in [9.17, 15) is 8.42 Å². The Morgan fingerprint density at radius 3 is 2.32 bits per heavy atom. The minimum absolute atomic E-state index is 0.0769. The van der Waals surface area contributed by atoms with Crippen molar-refractivity contribution in [3.63, 3.8) is 0 Å². The first kappa shape index (κ1) is 21.0. The van der Waals surface area contributed by atoms with E-state index < -0.39 is 10.0 Å². The molecule has 1 aliphatic carbocycles. The van der Waals surface area contributed by atoms with E-state index in [4.69, 9.17) is 15.9 Å². The molecule has 0 aromatic heterocycles. The van der Waals surface area contributed by atoms with Crippen molar-refractivity contribution in [2.45, 2.75) is 68.6 Å². The summed E-state index contributed by atoms with van der Waals surface area (Å²) in [5, 5.41) is 12.1. The Hall–Kier alpha value is -1.68. The molecule has 9 heteroatoms. The van der Waals surface area contributed by atoms with Crippen LogP contribution in [0.15, 0.2) is 34.2 Å². The molecule has 4 atom stereocenters. The molecule has 28 heavy (non-hydrogen) atoms. The highest BCUT2D eigenvalue weighted by Crippen LogP contribution is 2.21. The fourth-order valence-electron chi connectivity index (χ4n) is 4.01. The smallest absolute Gasteiger partial charge is 0.238 e. The summed E-state index contributed by atoms with van der Waals surface area (Å²) in [6, 6.07) is 7.31. The summed E-state index contributed by atoms with van der Waals surface area (Å²) in [5.74, 6) is 0.797. The molecular formula is C19H32N6O2S. The van der Waals surface area contributed by atoms with E-state index in [1.807, 2.05) is 0 Å². The summed E-state index contributed by atoms with van der Waals surface area (Å²) in [7, 11) is -3.71. The van der Waals surface area contributed by atoms with Gasteiger partial charge in [-0.1, -0.05) is 12.8 Å².